The molecule has 0 aliphatic heterocycles. The number of primary sulfonamides is 1. The summed E-state index contributed by atoms with van der Waals surface area (Å²) in [4.78, 5) is 21.7. The number of sulfonamides is 1. The van der Waals surface area contributed by atoms with Crippen LogP contribution in [0.4, 0.5) is 17.5 Å². The van der Waals surface area contributed by atoms with E-state index in [0.29, 0.717) is 16.0 Å². The van der Waals surface area contributed by atoms with Crippen molar-refractivity contribution in [2.45, 2.75) is 24.8 Å². The number of benzene rings is 1. The molecule has 146 valence electrons. The van der Waals surface area contributed by atoms with Gasteiger partial charge >= 0.3 is 5.97 Å². The second-order valence-electron chi connectivity index (χ2n) is 6.20. The Hall–Kier alpha value is -2.24. The van der Waals surface area contributed by atoms with Gasteiger partial charge in [0, 0.05) is 18.9 Å². The number of likely N-dealkylation sites (N-methyl/N-ethyl adjacent to an activating group) is 1. The van der Waals surface area contributed by atoms with Crippen molar-refractivity contribution in [2.24, 2.45) is 11.1 Å². The molecule has 1 heterocycles. The maximum absolute atomic E-state index is 11.6. The van der Waals surface area contributed by atoms with Gasteiger partial charge in [-0.15, -0.1) is 0 Å². The summed E-state index contributed by atoms with van der Waals surface area (Å²) in [6.45, 7) is 3.63. The summed E-state index contributed by atoms with van der Waals surface area (Å²) in [6.07, 6.45) is 1.51. The standard InChI is InChI=1S/C16H20BrN5O4S/c1-9(2)13(15(23)24)22(3)14-12(17)8-19-16(21-14)20-10-4-6-11(7-5-10)27(18,25)26/h4-9,13H,1-3H3,(H,23,24)(H2,18,25,26)(H,19,20,21)/t13-/m1/s1. The normalized spacial score (nSPS) is 12.7. The molecule has 27 heavy (non-hydrogen) atoms. The molecule has 0 bridgehead atoms. The highest BCUT2D eigenvalue weighted by atomic mass is 79.9. The lowest BCUT2D eigenvalue weighted by Gasteiger charge is -2.29. The Bertz CT molecular complexity index is 934. The van der Waals surface area contributed by atoms with E-state index in [-0.39, 0.29) is 16.8 Å². The summed E-state index contributed by atoms with van der Waals surface area (Å²) in [5.41, 5.74) is 0.553. The lowest BCUT2D eigenvalue weighted by Crippen LogP contribution is -2.43. The zero-order chi connectivity index (χ0) is 20.4. The predicted molar refractivity (Wildman–Crippen MR) is 105 cm³/mol. The number of carboxylic acid groups (broad SMARTS) is 1. The molecule has 0 aliphatic carbocycles. The van der Waals surface area contributed by atoms with Gasteiger partial charge in [-0.05, 0) is 46.1 Å². The Kier molecular flexibility index (Phi) is 6.39. The van der Waals surface area contributed by atoms with E-state index in [9.17, 15) is 18.3 Å². The molecule has 4 N–H and O–H groups in total. The average Bonchev–Trinajstić information content (AvgIpc) is 2.55. The molecule has 0 fully saturated rings. The Balaban J connectivity index is 2.30. The lowest BCUT2D eigenvalue weighted by molar-refractivity contribution is -0.139. The summed E-state index contributed by atoms with van der Waals surface area (Å²) in [6, 6.07) is 5.02. The number of carboxylic acids is 1. The molecular weight excluding hydrogens is 438 g/mol. The van der Waals surface area contributed by atoms with E-state index >= 15 is 0 Å². The molecule has 0 saturated heterocycles. The van der Waals surface area contributed by atoms with Gasteiger partial charge in [-0.2, -0.15) is 4.98 Å². The van der Waals surface area contributed by atoms with E-state index in [4.69, 9.17) is 5.14 Å². The quantitative estimate of drug-likeness (QED) is 0.574. The number of hydrogen-bond donors (Lipinski definition) is 3. The number of nitrogens with one attached hydrogen (secondary N) is 1. The monoisotopic (exact) mass is 457 g/mol. The van der Waals surface area contributed by atoms with Gasteiger partial charge in [0.25, 0.3) is 0 Å². The van der Waals surface area contributed by atoms with E-state index in [1.165, 1.54) is 30.5 Å². The fourth-order valence-corrected chi connectivity index (χ4v) is 3.54. The maximum Gasteiger partial charge on any atom is 0.326 e. The van der Waals surface area contributed by atoms with Crippen molar-refractivity contribution in [1.29, 1.82) is 0 Å². The van der Waals surface area contributed by atoms with Crippen molar-refractivity contribution >= 4 is 49.4 Å². The van der Waals surface area contributed by atoms with Crippen LogP contribution in [0, 0.1) is 5.92 Å². The van der Waals surface area contributed by atoms with Gasteiger partial charge in [-0.3, -0.25) is 0 Å². The Morgan fingerprint density at radius 3 is 2.37 bits per heavy atom. The van der Waals surface area contributed by atoms with Crippen molar-refractivity contribution in [3.8, 4) is 0 Å². The van der Waals surface area contributed by atoms with Gasteiger partial charge in [0.2, 0.25) is 16.0 Å². The van der Waals surface area contributed by atoms with Gasteiger partial charge in [-0.1, -0.05) is 13.8 Å². The molecule has 0 radical (unpaired) electrons. The summed E-state index contributed by atoms with van der Waals surface area (Å²) in [5.74, 6) is -0.450. The molecule has 0 amide bonds. The number of carbonyl (C=O) groups is 1. The molecule has 1 aromatic heterocycles. The van der Waals surface area contributed by atoms with Gasteiger partial charge < -0.3 is 15.3 Å². The summed E-state index contributed by atoms with van der Waals surface area (Å²) in [5, 5.41) is 17.5. The fraction of sp³-hybridized carbons (Fsp3) is 0.312. The lowest BCUT2D eigenvalue weighted by atomic mass is 10.0. The van der Waals surface area contributed by atoms with E-state index in [1.54, 1.807) is 11.9 Å². The minimum atomic E-state index is -3.77. The highest BCUT2D eigenvalue weighted by Gasteiger charge is 2.28. The van der Waals surface area contributed by atoms with Crippen LogP contribution in [0.1, 0.15) is 13.8 Å². The van der Waals surface area contributed by atoms with Gasteiger partial charge in [-0.25, -0.2) is 23.3 Å². The molecule has 0 unspecified atom stereocenters. The molecule has 0 spiro atoms. The molecule has 1 atom stereocenters. The van der Waals surface area contributed by atoms with Crippen LogP contribution in [0.25, 0.3) is 0 Å². The van der Waals surface area contributed by atoms with E-state index in [2.05, 4.69) is 31.2 Å². The SMILES string of the molecule is CC(C)[C@H](C(=O)O)N(C)c1nc(Nc2ccc(S(N)(=O)=O)cc2)ncc1Br. The van der Waals surface area contributed by atoms with Gasteiger partial charge in [0.15, 0.2) is 0 Å². The predicted octanol–water partition coefficient (Wildman–Crippen LogP) is 2.18. The van der Waals surface area contributed by atoms with Crippen molar-refractivity contribution in [3.05, 3.63) is 34.9 Å². The number of aromatic nitrogens is 2. The first-order valence-corrected chi connectivity index (χ1v) is 10.2. The topological polar surface area (TPSA) is 139 Å². The Morgan fingerprint density at radius 2 is 1.89 bits per heavy atom. The number of hydrogen-bond acceptors (Lipinski definition) is 7. The Labute approximate surface area is 165 Å². The number of aliphatic carboxylic acids is 1. The fourth-order valence-electron chi connectivity index (χ4n) is 2.55. The second-order valence-corrected chi connectivity index (χ2v) is 8.61. The summed E-state index contributed by atoms with van der Waals surface area (Å²) in [7, 11) is -2.12. The molecule has 9 nitrogen and oxygen atoms in total. The molecule has 1 aromatic carbocycles. The highest BCUT2D eigenvalue weighted by molar-refractivity contribution is 9.10. The van der Waals surface area contributed by atoms with Crippen molar-refractivity contribution < 1.29 is 18.3 Å². The first-order valence-electron chi connectivity index (χ1n) is 7.88. The van der Waals surface area contributed by atoms with Crippen LogP contribution in [0.15, 0.2) is 39.8 Å². The van der Waals surface area contributed by atoms with Gasteiger partial charge in [0.1, 0.15) is 11.9 Å². The number of nitrogens with zero attached hydrogens (tertiary/aromatic N) is 3. The van der Waals surface area contributed by atoms with Crippen molar-refractivity contribution in [1.82, 2.24) is 9.97 Å². The third-order valence-electron chi connectivity index (χ3n) is 3.80. The van der Waals surface area contributed by atoms with E-state index in [1.807, 2.05) is 13.8 Å². The Morgan fingerprint density at radius 1 is 1.30 bits per heavy atom. The number of halogens is 1. The molecule has 2 aromatic rings. The van der Waals surface area contributed by atoms with Crippen molar-refractivity contribution in [3.63, 3.8) is 0 Å². The molecule has 11 heteroatoms. The molecule has 0 aliphatic rings. The molecule has 0 saturated carbocycles. The average molecular weight is 458 g/mol. The number of rotatable bonds is 7. The van der Waals surface area contributed by atoms with Crippen LogP contribution in [0.5, 0.6) is 0 Å². The highest BCUT2D eigenvalue weighted by Crippen LogP contribution is 2.28. The first-order chi connectivity index (χ1) is 12.5. The van der Waals surface area contributed by atoms with Crippen LogP contribution in [0.3, 0.4) is 0 Å². The molecule has 2 rings (SSSR count). The summed E-state index contributed by atoms with van der Waals surface area (Å²) < 4.78 is 23.2. The van der Waals surface area contributed by atoms with Crippen LogP contribution in [-0.4, -0.2) is 42.6 Å². The first kappa shape index (κ1) is 21.1. The summed E-state index contributed by atoms with van der Waals surface area (Å²) >= 11 is 3.35. The zero-order valence-electron chi connectivity index (χ0n) is 14.9. The number of anilines is 3. The maximum atomic E-state index is 11.6. The van der Waals surface area contributed by atoms with E-state index in [0.717, 1.165) is 0 Å². The minimum Gasteiger partial charge on any atom is -0.480 e. The molecular formula is C16H20BrN5O4S. The van der Waals surface area contributed by atoms with Crippen LogP contribution in [-0.2, 0) is 14.8 Å². The van der Waals surface area contributed by atoms with Crippen LogP contribution < -0.4 is 15.4 Å². The van der Waals surface area contributed by atoms with Gasteiger partial charge in [0.05, 0.1) is 9.37 Å². The van der Waals surface area contributed by atoms with Crippen LogP contribution >= 0.6 is 15.9 Å². The van der Waals surface area contributed by atoms with Crippen molar-refractivity contribution in [2.75, 3.05) is 17.3 Å². The second kappa shape index (κ2) is 8.19. The van der Waals surface area contributed by atoms with Crippen LogP contribution in [0.2, 0.25) is 0 Å². The largest absolute Gasteiger partial charge is 0.480 e. The zero-order valence-corrected chi connectivity index (χ0v) is 17.3. The van der Waals surface area contributed by atoms with E-state index < -0.39 is 22.0 Å². The third-order valence-corrected chi connectivity index (χ3v) is 5.29. The number of nitrogens with two attached hydrogens (primary N) is 1. The minimum absolute atomic E-state index is 0.00793. The third kappa shape index (κ3) is 5.15. The smallest absolute Gasteiger partial charge is 0.326 e.